The van der Waals surface area contributed by atoms with Crippen molar-refractivity contribution in [1.82, 2.24) is 4.90 Å². The lowest BCUT2D eigenvalue weighted by atomic mass is 9.87. The molecule has 0 spiro atoms. The number of hydrogen-bond acceptors (Lipinski definition) is 2. The molecule has 1 saturated heterocycles. The summed E-state index contributed by atoms with van der Waals surface area (Å²) in [6.07, 6.45) is 0.363. The minimum Gasteiger partial charge on any atom is -0.387 e. The molecule has 1 aromatic carbocycles. The van der Waals surface area contributed by atoms with Crippen molar-refractivity contribution in [3.8, 4) is 0 Å². The molecular weight excluding hydrogens is 229 g/mol. The fraction of sp³-hybridized carbons (Fsp3) is 0.600. The summed E-state index contributed by atoms with van der Waals surface area (Å²) in [5.41, 5.74) is 1.34. The molecule has 3 heteroatoms. The molecule has 1 aromatic rings. The molecule has 1 N–H and O–H groups in total. The highest BCUT2D eigenvalue weighted by Crippen LogP contribution is 2.35. The first-order chi connectivity index (χ1) is 8.30. The molecule has 100 valence electrons. The number of halogens is 1. The Kier molecular flexibility index (Phi) is 3.47. The summed E-state index contributed by atoms with van der Waals surface area (Å²) in [6.45, 7) is 9.15. The van der Waals surface area contributed by atoms with E-state index in [-0.39, 0.29) is 17.4 Å². The second-order valence-electron chi connectivity index (χ2n) is 6.17. The van der Waals surface area contributed by atoms with E-state index in [0.717, 1.165) is 13.0 Å². The summed E-state index contributed by atoms with van der Waals surface area (Å²) >= 11 is 0. The fourth-order valence-corrected chi connectivity index (χ4v) is 2.58. The smallest absolute Gasteiger partial charge is 0.126 e. The zero-order valence-electron chi connectivity index (χ0n) is 11.6. The minimum absolute atomic E-state index is 0.0487. The van der Waals surface area contributed by atoms with Crippen LogP contribution in [0.5, 0.6) is 0 Å². The number of hydrogen-bond donors (Lipinski definition) is 1. The van der Waals surface area contributed by atoms with Crippen molar-refractivity contribution in [2.75, 3.05) is 6.54 Å². The molecule has 1 fully saturated rings. The molecule has 2 atom stereocenters. The van der Waals surface area contributed by atoms with Crippen LogP contribution in [0.1, 0.15) is 44.4 Å². The van der Waals surface area contributed by atoms with Crippen LogP contribution < -0.4 is 0 Å². The van der Waals surface area contributed by atoms with E-state index in [9.17, 15) is 9.50 Å². The maximum Gasteiger partial charge on any atom is 0.126 e. The Morgan fingerprint density at radius 3 is 2.50 bits per heavy atom. The van der Waals surface area contributed by atoms with E-state index in [1.54, 1.807) is 13.0 Å². The van der Waals surface area contributed by atoms with E-state index in [1.807, 2.05) is 6.07 Å². The molecule has 0 bridgehead atoms. The van der Waals surface area contributed by atoms with Gasteiger partial charge in [-0.2, -0.15) is 0 Å². The van der Waals surface area contributed by atoms with Crippen molar-refractivity contribution in [2.24, 2.45) is 0 Å². The lowest BCUT2D eigenvalue weighted by molar-refractivity contribution is -0.0669. The third-order valence-corrected chi connectivity index (χ3v) is 3.83. The molecule has 0 amide bonds. The average Bonchev–Trinajstić information content (AvgIpc) is 2.17. The van der Waals surface area contributed by atoms with Crippen molar-refractivity contribution in [3.05, 3.63) is 35.1 Å². The second kappa shape index (κ2) is 4.63. The molecule has 1 aliphatic rings. The SMILES string of the molecule is Cc1ccc(C(O)[C@@H]2CCN2C(C)(C)C)cc1F. The van der Waals surface area contributed by atoms with Gasteiger partial charge in [0.05, 0.1) is 6.10 Å². The number of nitrogens with zero attached hydrogens (tertiary/aromatic N) is 1. The number of aliphatic hydroxyl groups is 1. The lowest BCUT2D eigenvalue weighted by Gasteiger charge is -2.51. The maximum atomic E-state index is 13.5. The predicted octanol–water partition coefficient (Wildman–Crippen LogP) is 3.04. The van der Waals surface area contributed by atoms with Crippen LogP contribution in [0, 0.1) is 12.7 Å². The Hall–Kier alpha value is -0.930. The first-order valence-electron chi connectivity index (χ1n) is 6.51. The molecule has 1 unspecified atom stereocenters. The molecule has 1 heterocycles. The quantitative estimate of drug-likeness (QED) is 0.873. The van der Waals surface area contributed by atoms with E-state index in [4.69, 9.17) is 0 Å². The largest absolute Gasteiger partial charge is 0.387 e. The summed E-state index contributed by atoms with van der Waals surface area (Å²) in [4.78, 5) is 2.27. The first-order valence-corrected chi connectivity index (χ1v) is 6.51. The fourth-order valence-electron chi connectivity index (χ4n) is 2.58. The van der Waals surface area contributed by atoms with Gasteiger partial charge in [0, 0.05) is 18.1 Å². The van der Waals surface area contributed by atoms with E-state index in [2.05, 4.69) is 25.7 Å². The van der Waals surface area contributed by atoms with E-state index in [0.29, 0.717) is 11.1 Å². The van der Waals surface area contributed by atoms with Gasteiger partial charge in [-0.3, -0.25) is 4.90 Å². The van der Waals surface area contributed by atoms with E-state index < -0.39 is 6.10 Å². The van der Waals surface area contributed by atoms with Crippen LogP contribution in [0.25, 0.3) is 0 Å². The average molecular weight is 251 g/mol. The van der Waals surface area contributed by atoms with Gasteiger partial charge in [-0.05, 0) is 51.3 Å². The van der Waals surface area contributed by atoms with Crippen LogP contribution in [0.2, 0.25) is 0 Å². The van der Waals surface area contributed by atoms with Gasteiger partial charge in [-0.25, -0.2) is 4.39 Å². The van der Waals surface area contributed by atoms with Crippen molar-refractivity contribution in [2.45, 2.75) is 51.8 Å². The Bertz CT molecular complexity index is 439. The molecule has 0 radical (unpaired) electrons. The standard InChI is InChI=1S/C15H22FNO/c1-10-5-6-11(9-12(10)16)14(18)13-7-8-17(13)15(2,3)4/h5-6,9,13-14,18H,7-8H2,1-4H3/t13-,14?/m0/s1. The van der Waals surface area contributed by atoms with Crippen LogP contribution in [0.15, 0.2) is 18.2 Å². The predicted molar refractivity (Wildman–Crippen MR) is 71.0 cm³/mol. The van der Waals surface area contributed by atoms with Gasteiger partial charge in [0.2, 0.25) is 0 Å². The van der Waals surface area contributed by atoms with Crippen LogP contribution in [-0.2, 0) is 0 Å². The van der Waals surface area contributed by atoms with Crippen molar-refractivity contribution in [3.63, 3.8) is 0 Å². The third-order valence-electron chi connectivity index (χ3n) is 3.83. The van der Waals surface area contributed by atoms with Crippen LogP contribution in [-0.4, -0.2) is 28.1 Å². The third kappa shape index (κ3) is 2.43. The summed E-state index contributed by atoms with van der Waals surface area (Å²) < 4.78 is 13.5. The summed E-state index contributed by atoms with van der Waals surface area (Å²) in [5.74, 6) is -0.242. The molecule has 1 aliphatic heterocycles. The highest BCUT2D eigenvalue weighted by Gasteiger charge is 2.40. The van der Waals surface area contributed by atoms with Crippen molar-refractivity contribution < 1.29 is 9.50 Å². The monoisotopic (exact) mass is 251 g/mol. The summed E-state index contributed by atoms with van der Waals surface area (Å²) in [7, 11) is 0. The maximum absolute atomic E-state index is 13.5. The van der Waals surface area contributed by atoms with Crippen LogP contribution in [0.3, 0.4) is 0 Å². The van der Waals surface area contributed by atoms with E-state index in [1.165, 1.54) is 6.07 Å². The van der Waals surface area contributed by atoms with Gasteiger partial charge in [-0.15, -0.1) is 0 Å². The zero-order valence-corrected chi connectivity index (χ0v) is 11.6. The molecule has 0 aliphatic carbocycles. The van der Waals surface area contributed by atoms with Gasteiger partial charge < -0.3 is 5.11 Å². The molecule has 18 heavy (non-hydrogen) atoms. The first kappa shape index (κ1) is 13.5. The van der Waals surface area contributed by atoms with Crippen molar-refractivity contribution in [1.29, 1.82) is 0 Å². The zero-order chi connectivity index (χ0) is 13.5. The lowest BCUT2D eigenvalue weighted by Crippen LogP contribution is -2.59. The highest BCUT2D eigenvalue weighted by atomic mass is 19.1. The Morgan fingerprint density at radius 2 is 2.06 bits per heavy atom. The van der Waals surface area contributed by atoms with Gasteiger partial charge >= 0.3 is 0 Å². The number of likely N-dealkylation sites (tertiary alicyclic amines) is 1. The van der Waals surface area contributed by atoms with Gasteiger partial charge in [0.25, 0.3) is 0 Å². The molecule has 2 rings (SSSR count). The number of rotatable bonds is 2. The second-order valence-corrected chi connectivity index (χ2v) is 6.17. The van der Waals surface area contributed by atoms with Crippen molar-refractivity contribution >= 4 is 0 Å². The summed E-state index contributed by atoms with van der Waals surface area (Å²) in [5, 5.41) is 10.4. The van der Waals surface area contributed by atoms with Gasteiger partial charge in [0.15, 0.2) is 0 Å². The van der Waals surface area contributed by atoms with Crippen LogP contribution in [0.4, 0.5) is 4.39 Å². The Labute approximate surface area is 108 Å². The Morgan fingerprint density at radius 1 is 1.39 bits per heavy atom. The number of aryl methyl sites for hydroxylation is 1. The molecule has 0 aromatic heterocycles. The minimum atomic E-state index is -0.604. The Balaban J connectivity index is 2.16. The normalized spacial score (nSPS) is 22.7. The highest BCUT2D eigenvalue weighted by molar-refractivity contribution is 5.26. The summed E-state index contributed by atoms with van der Waals surface area (Å²) in [6, 6.07) is 5.11. The number of aliphatic hydroxyl groups excluding tert-OH is 1. The molecule has 2 nitrogen and oxygen atoms in total. The molecular formula is C15H22FNO. The van der Waals surface area contributed by atoms with Crippen LogP contribution >= 0.6 is 0 Å². The number of benzene rings is 1. The topological polar surface area (TPSA) is 23.5 Å². The van der Waals surface area contributed by atoms with Gasteiger partial charge in [0.1, 0.15) is 5.82 Å². The van der Waals surface area contributed by atoms with Gasteiger partial charge in [-0.1, -0.05) is 12.1 Å². The molecule has 0 saturated carbocycles. The van der Waals surface area contributed by atoms with E-state index >= 15 is 0 Å².